The fourth-order valence-electron chi connectivity index (χ4n) is 1.81. The summed E-state index contributed by atoms with van der Waals surface area (Å²) >= 11 is 0. The lowest BCUT2D eigenvalue weighted by Crippen LogP contribution is -2.20. The van der Waals surface area contributed by atoms with Crippen LogP contribution in [-0.4, -0.2) is 10.7 Å². The summed E-state index contributed by atoms with van der Waals surface area (Å²) in [7, 11) is 0. The number of halogens is 1. The maximum atomic E-state index is 12.6. The highest BCUT2D eigenvalue weighted by atomic mass is 18.2. The molecule has 1 saturated carbocycles. The van der Waals surface area contributed by atoms with E-state index in [4.69, 9.17) is 0 Å². The van der Waals surface area contributed by atoms with Crippen LogP contribution < -0.4 is 0 Å². The average Bonchev–Trinajstić information content (AvgIpc) is 2.65. The van der Waals surface area contributed by atoms with Gasteiger partial charge >= 0.3 is 0 Å². The van der Waals surface area contributed by atoms with Crippen LogP contribution >= 0.6 is 0 Å². The van der Waals surface area contributed by atoms with Crippen molar-refractivity contribution < 1.29 is 9.50 Å². The predicted octanol–water partition coefficient (Wildman–Crippen LogP) is 2.48. The molecule has 15 heavy (non-hydrogen) atoms. The second-order valence-electron chi connectivity index (χ2n) is 4.00. The lowest BCUT2D eigenvalue weighted by molar-refractivity contribution is 0.110. The fraction of sp³-hybridized carbons (Fsp3) is 0.385. The maximum Gasteiger partial charge on any atom is 0.125 e. The molecule has 0 aromatic heterocycles. The third-order valence-electron chi connectivity index (χ3n) is 2.71. The molecule has 1 aromatic carbocycles. The molecule has 0 bridgehead atoms. The molecule has 1 aliphatic carbocycles. The molecule has 0 heterocycles. The molecule has 0 aliphatic heterocycles. The van der Waals surface area contributed by atoms with Crippen molar-refractivity contribution in [1.82, 2.24) is 0 Å². The molecule has 78 valence electrons. The van der Waals surface area contributed by atoms with E-state index < -0.39 is 5.60 Å². The molecule has 1 nitrogen and oxygen atoms in total. The Morgan fingerprint density at radius 2 is 1.73 bits per heavy atom. The molecule has 1 fully saturated rings. The van der Waals surface area contributed by atoms with E-state index in [0.29, 0.717) is 0 Å². The summed E-state index contributed by atoms with van der Waals surface area (Å²) in [6.45, 7) is 0. The number of aliphatic hydroxyl groups is 1. The van der Waals surface area contributed by atoms with Gasteiger partial charge in [0.15, 0.2) is 0 Å². The molecular formula is C13H13FO. The van der Waals surface area contributed by atoms with E-state index >= 15 is 0 Å². The number of rotatable bonds is 0. The topological polar surface area (TPSA) is 20.2 Å². The van der Waals surface area contributed by atoms with Crippen LogP contribution in [0.1, 0.15) is 31.2 Å². The Hall–Kier alpha value is -1.33. The zero-order chi connectivity index (χ0) is 10.7. The summed E-state index contributed by atoms with van der Waals surface area (Å²) in [5.74, 6) is 5.50. The van der Waals surface area contributed by atoms with Crippen molar-refractivity contribution in [2.45, 2.75) is 31.3 Å². The van der Waals surface area contributed by atoms with E-state index in [9.17, 15) is 9.50 Å². The van der Waals surface area contributed by atoms with Gasteiger partial charge in [0.25, 0.3) is 0 Å². The molecule has 0 amide bonds. The molecule has 2 heteroatoms. The van der Waals surface area contributed by atoms with Gasteiger partial charge in [0, 0.05) is 5.56 Å². The first kappa shape index (κ1) is 10.2. The van der Waals surface area contributed by atoms with Crippen molar-refractivity contribution in [2.75, 3.05) is 0 Å². The van der Waals surface area contributed by atoms with Gasteiger partial charge in [-0.3, -0.25) is 0 Å². The minimum atomic E-state index is -0.811. The molecule has 0 saturated heterocycles. The monoisotopic (exact) mass is 203 g/mol. The van der Waals surface area contributed by atoms with Crippen molar-refractivity contribution in [2.24, 2.45) is 0 Å². The van der Waals surface area contributed by atoms with Gasteiger partial charge in [-0.05, 0) is 49.9 Å². The van der Waals surface area contributed by atoms with E-state index in [-0.39, 0.29) is 5.82 Å². The van der Waals surface area contributed by atoms with E-state index in [1.807, 2.05) is 0 Å². The first-order chi connectivity index (χ1) is 7.18. The highest BCUT2D eigenvalue weighted by molar-refractivity contribution is 5.36. The summed E-state index contributed by atoms with van der Waals surface area (Å²) in [6.07, 6.45) is 3.57. The number of hydrogen-bond acceptors (Lipinski definition) is 1. The van der Waals surface area contributed by atoms with Crippen molar-refractivity contribution in [3.05, 3.63) is 35.6 Å². The molecule has 0 radical (unpaired) electrons. The second-order valence-corrected chi connectivity index (χ2v) is 4.00. The molecule has 1 aliphatic rings. The van der Waals surface area contributed by atoms with Gasteiger partial charge in [0.2, 0.25) is 0 Å². The van der Waals surface area contributed by atoms with Crippen LogP contribution in [0.3, 0.4) is 0 Å². The zero-order valence-corrected chi connectivity index (χ0v) is 8.46. The largest absolute Gasteiger partial charge is 0.378 e. The van der Waals surface area contributed by atoms with Crippen molar-refractivity contribution >= 4 is 0 Å². The predicted molar refractivity (Wildman–Crippen MR) is 56.7 cm³/mol. The molecule has 1 N–H and O–H groups in total. The van der Waals surface area contributed by atoms with E-state index in [1.54, 1.807) is 12.1 Å². The van der Waals surface area contributed by atoms with Crippen LogP contribution in [0.15, 0.2) is 24.3 Å². The molecule has 2 rings (SSSR count). The SMILES string of the molecule is OC1(C#Cc2ccc([18F])cc2)CCCC1. The van der Waals surface area contributed by atoms with Gasteiger partial charge in [0.05, 0.1) is 0 Å². The number of hydrogen-bond donors (Lipinski definition) is 1. The van der Waals surface area contributed by atoms with Crippen LogP contribution in [0.4, 0.5) is 4.39 Å². The summed E-state index contributed by atoms with van der Waals surface area (Å²) in [5.41, 5.74) is -0.0642. The van der Waals surface area contributed by atoms with E-state index in [1.165, 1.54) is 12.1 Å². The van der Waals surface area contributed by atoms with Gasteiger partial charge in [-0.1, -0.05) is 11.8 Å². The van der Waals surface area contributed by atoms with E-state index in [2.05, 4.69) is 11.8 Å². The summed E-state index contributed by atoms with van der Waals surface area (Å²) in [6, 6.07) is 6.01. The molecular weight excluding hydrogens is 190 g/mol. The molecule has 0 atom stereocenters. The first-order valence-corrected chi connectivity index (χ1v) is 5.19. The van der Waals surface area contributed by atoms with Crippen LogP contribution in [0.2, 0.25) is 0 Å². The highest BCUT2D eigenvalue weighted by Crippen LogP contribution is 2.28. The Morgan fingerprint density at radius 1 is 1.13 bits per heavy atom. The summed E-state index contributed by atoms with van der Waals surface area (Å²) in [4.78, 5) is 0. The molecule has 1 aromatic rings. The van der Waals surface area contributed by atoms with Gasteiger partial charge in [-0.15, -0.1) is 0 Å². The Labute approximate surface area is 88.9 Å². The van der Waals surface area contributed by atoms with Crippen LogP contribution in [0.5, 0.6) is 0 Å². The summed E-state index contributed by atoms with van der Waals surface area (Å²) in [5, 5.41) is 9.96. The Balaban J connectivity index is 2.14. The first-order valence-electron chi connectivity index (χ1n) is 5.19. The number of benzene rings is 1. The highest BCUT2D eigenvalue weighted by Gasteiger charge is 2.28. The quantitative estimate of drug-likeness (QED) is 0.642. The lowest BCUT2D eigenvalue weighted by atomic mass is 10.0. The minimum Gasteiger partial charge on any atom is -0.378 e. The van der Waals surface area contributed by atoms with Crippen molar-refractivity contribution in [3.63, 3.8) is 0 Å². The van der Waals surface area contributed by atoms with Gasteiger partial charge < -0.3 is 5.11 Å². The van der Waals surface area contributed by atoms with Crippen LogP contribution in [0.25, 0.3) is 0 Å². The van der Waals surface area contributed by atoms with Gasteiger partial charge in [0.1, 0.15) is 11.4 Å². The Kier molecular flexibility index (Phi) is 2.75. The third-order valence-corrected chi connectivity index (χ3v) is 2.71. The second kappa shape index (κ2) is 4.04. The smallest absolute Gasteiger partial charge is 0.125 e. The Morgan fingerprint density at radius 3 is 2.33 bits per heavy atom. The fourth-order valence-corrected chi connectivity index (χ4v) is 1.81. The van der Waals surface area contributed by atoms with E-state index in [0.717, 1.165) is 31.2 Å². The average molecular weight is 203 g/mol. The summed E-state index contributed by atoms with van der Waals surface area (Å²) < 4.78 is 12.6. The lowest BCUT2D eigenvalue weighted by Gasteiger charge is -2.12. The van der Waals surface area contributed by atoms with Crippen molar-refractivity contribution in [1.29, 1.82) is 0 Å². The normalized spacial score (nSPS) is 18.3. The zero-order valence-electron chi connectivity index (χ0n) is 8.46. The minimum absolute atomic E-state index is 0.264. The third kappa shape index (κ3) is 2.57. The molecule has 0 spiro atoms. The van der Waals surface area contributed by atoms with Gasteiger partial charge in [-0.25, -0.2) is 4.39 Å². The van der Waals surface area contributed by atoms with Crippen LogP contribution in [-0.2, 0) is 0 Å². The van der Waals surface area contributed by atoms with Crippen LogP contribution in [0, 0.1) is 17.7 Å². The molecule has 0 unspecified atom stereocenters. The standard InChI is InChI=1S/C13H13FO/c14-12-5-3-11(4-6-12)7-10-13(15)8-1-2-9-13/h3-6,15H,1-2,8-9H2/i14-1. The van der Waals surface area contributed by atoms with Gasteiger partial charge in [-0.2, -0.15) is 0 Å². The van der Waals surface area contributed by atoms with Crippen molar-refractivity contribution in [3.8, 4) is 11.8 Å². The maximum absolute atomic E-state index is 12.6. The Bertz CT molecular complexity index is 391.